The lowest BCUT2D eigenvalue weighted by Crippen LogP contribution is -2.37. The molecule has 146 valence electrons. The number of nitrogens with zero attached hydrogens (tertiary/aromatic N) is 5. The van der Waals surface area contributed by atoms with E-state index in [0.717, 1.165) is 24.1 Å². The Bertz CT molecular complexity index is 894. The summed E-state index contributed by atoms with van der Waals surface area (Å²) in [6.45, 7) is 4.22. The number of hydrogen-bond donors (Lipinski definition) is 0. The topological polar surface area (TPSA) is 63.9 Å². The molecular weight excluding hydrogens is 370 g/mol. The number of hydrogen-bond acceptors (Lipinski definition) is 5. The van der Waals surface area contributed by atoms with Crippen molar-refractivity contribution in [1.29, 1.82) is 0 Å². The molecule has 0 aliphatic carbocycles. The summed E-state index contributed by atoms with van der Waals surface area (Å²) >= 11 is 1.41. The minimum atomic E-state index is 0.101. The Hall–Kier alpha value is -2.67. The van der Waals surface area contributed by atoms with Crippen LogP contribution in [0.25, 0.3) is 17.1 Å². The number of benzene rings is 1. The largest absolute Gasteiger partial charge is 0.342 e. The van der Waals surface area contributed by atoms with Gasteiger partial charge in [0.15, 0.2) is 11.0 Å². The normalized spacial score (nSPS) is 11.0. The highest BCUT2D eigenvalue weighted by Crippen LogP contribution is 2.27. The first-order chi connectivity index (χ1) is 13.7. The van der Waals surface area contributed by atoms with Crippen LogP contribution in [0.5, 0.6) is 0 Å². The van der Waals surface area contributed by atoms with Crippen molar-refractivity contribution < 1.29 is 4.79 Å². The molecule has 6 nitrogen and oxygen atoms in total. The fourth-order valence-electron chi connectivity index (χ4n) is 3.12. The van der Waals surface area contributed by atoms with Gasteiger partial charge in [-0.3, -0.25) is 14.3 Å². The molecule has 7 heteroatoms. The highest BCUT2D eigenvalue weighted by atomic mass is 32.2. The van der Waals surface area contributed by atoms with Gasteiger partial charge in [0, 0.05) is 36.7 Å². The SMILES string of the molecule is CCC(CC)N(C)C(=O)CSc1nnc(-c2cccnc2)n1-c1ccccc1. The molecule has 0 bridgehead atoms. The second-order valence-electron chi connectivity index (χ2n) is 6.48. The molecule has 0 unspecified atom stereocenters. The van der Waals surface area contributed by atoms with Crippen molar-refractivity contribution >= 4 is 17.7 Å². The zero-order chi connectivity index (χ0) is 19.9. The highest BCUT2D eigenvalue weighted by molar-refractivity contribution is 7.99. The average molecular weight is 396 g/mol. The zero-order valence-corrected chi connectivity index (χ0v) is 17.3. The van der Waals surface area contributed by atoms with Gasteiger partial charge < -0.3 is 4.90 Å². The molecular formula is C21H25N5OS. The monoisotopic (exact) mass is 395 g/mol. The van der Waals surface area contributed by atoms with Crippen molar-refractivity contribution in [2.24, 2.45) is 0 Å². The van der Waals surface area contributed by atoms with E-state index in [1.54, 1.807) is 12.4 Å². The van der Waals surface area contributed by atoms with Gasteiger partial charge in [0.1, 0.15) is 0 Å². The maximum atomic E-state index is 12.6. The van der Waals surface area contributed by atoms with Crippen LogP contribution in [0, 0.1) is 0 Å². The first-order valence-electron chi connectivity index (χ1n) is 9.45. The van der Waals surface area contributed by atoms with E-state index in [9.17, 15) is 4.79 Å². The smallest absolute Gasteiger partial charge is 0.233 e. The van der Waals surface area contributed by atoms with E-state index in [0.29, 0.717) is 16.7 Å². The first kappa shape index (κ1) is 20.1. The molecule has 0 spiro atoms. The van der Waals surface area contributed by atoms with Gasteiger partial charge in [0.2, 0.25) is 5.91 Å². The van der Waals surface area contributed by atoms with Gasteiger partial charge >= 0.3 is 0 Å². The fraction of sp³-hybridized carbons (Fsp3) is 0.333. The molecule has 0 aliphatic heterocycles. The van der Waals surface area contributed by atoms with Gasteiger partial charge in [-0.15, -0.1) is 10.2 Å². The average Bonchev–Trinajstić information content (AvgIpc) is 3.18. The lowest BCUT2D eigenvalue weighted by molar-refractivity contribution is -0.129. The van der Waals surface area contributed by atoms with Crippen molar-refractivity contribution in [2.45, 2.75) is 37.9 Å². The Labute approximate surface area is 170 Å². The molecule has 2 heterocycles. The number of para-hydroxylation sites is 1. The summed E-state index contributed by atoms with van der Waals surface area (Å²) in [7, 11) is 1.88. The second kappa shape index (κ2) is 9.50. The molecule has 28 heavy (non-hydrogen) atoms. The van der Waals surface area contributed by atoms with E-state index in [4.69, 9.17) is 0 Å². The molecule has 0 saturated heterocycles. The molecule has 0 atom stereocenters. The van der Waals surface area contributed by atoms with Crippen LogP contribution in [0.15, 0.2) is 60.0 Å². The Morgan fingerprint density at radius 1 is 1.11 bits per heavy atom. The number of carbonyl (C=O) groups is 1. The van der Waals surface area contributed by atoms with Gasteiger partial charge in [0.25, 0.3) is 0 Å². The van der Waals surface area contributed by atoms with Gasteiger partial charge in [0.05, 0.1) is 5.75 Å². The van der Waals surface area contributed by atoms with E-state index < -0.39 is 0 Å². The molecule has 1 aromatic carbocycles. The van der Waals surface area contributed by atoms with Crippen molar-refractivity contribution in [3.63, 3.8) is 0 Å². The zero-order valence-electron chi connectivity index (χ0n) is 16.4. The van der Waals surface area contributed by atoms with E-state index >= 15 is 0 Å². The Balaban J connectivity index is 1.88. The second-order valence-corrected chi connectivity index (χ2v) is 7.42. The van der Waals surface area contributed by atoms with Crippen molar-refractivity contribution in [3.05, 3.63) is 54.9 Å². The number of carbonyl (C=O) groups excluding carboxylic acids is 1. The maximum absolute atomic E-state index is 12.6. The summed E-state index contributed by atoms with van der Waals surface area (Å²) in [5, 5.41) is 9.43. The van der Waals surface area contributed by atoms with E-state index in [-0.39, 0.29) is 11.9 Å². The Kier molecular flexibility index (Phi) is 6.81. The number of thioether (sulfide) groups is 1. The lowest BCUT2D eigenvalue weighted by Gasteiger charge is -2.26. The summed E-state index contributed by atoms with van der Waals surface area (Å²) in [4.78, 5) is 18.7. The number of amides is 1. The highest BCUT2D eigenvalue weighted by Gasteiger charge is 2.20. The summed E-state index contributed by atoms with van der Waals surface area (Å²) in [5.74, 6) is 1.14. The number of aromatic nitrogens is 4. The van der Waals surface area contributed by atoms with Gasteiger partial charge in [-0.05, 0) is 37.1 Å². The van der Waals surface area contributed by atoms with Crippen LogP contribution in [-0.4, -0.2) is 49.4 Å². The van der Waals surface area contributed by atoms with Crippen LogP contribution < -0.4 is 0 Å². The minimum Gasteiger partial charge on any atom is -0.342 e. The molecule has 3 rings (SSSR count). The third-order valence-corrected chi connectivity index (χ3v) is 5.69. The van der Waals surface area contributed by atoms with Crippen molar-refractivity contribution in [2.75, 3.05) is 12.8 Å². The fourth-order valence-corrected chi connectivity index (χ4v) is 4.00. The van der Waals surface area contributed by atoms with Gasteiger partial charge in [-0.1, -0.05) is 43.8 Å². The van der Waals surface area contributed by atoms with Gasteiger partial charge in [-0.2, -0.15) is 0 Å². The van der Waals surface area contributed by atoms with Gasteiger partial charge in [-0.25, -0.2) is 0 Å². The van der Waals surface area contributed by atoms with Crippen LogP contribution in [0.2, 0.25) is 0 Å². The Morgan fingerprint density at radius 2 is 1.86 bits per heavy atom. The van der Waals surface area contributed by atoms with E-state index in [1.165, 1.54) is 11.8 Å². The minimum absolute atomic E-state index is 0.101. The van der Waals surface area contributed by atoms with Crippen LogP contribution in [-0.2, 0) is 4.79 Å². The lowest BCUT2D eigenvalue weighted by atomic mass is 10.1. The third kappa shape index (κ3) is 4.42. The van der Waals surface area contributed by atoms with Crippen LogP contribution in [0.4, 0.5) is 0 Å². The maximum Gasteiger partial charge on any atom is 0.233 e. The predicted octanol–water partition coefficient (Wildman–Crippen LogP) is 4.07. The van der Waals surface area contributed by atoms with Crippen LogP contribution >= 0.6 is 11.8 Å². The predicted molar refractivity (Wildman–Crippen MR) is 112 cm³/mol. The molecule has 0 aliphatic rings. The molecule has 0 N–H and O–H groups in total. The van der Waals surface area contributed by atoms with Crippen molar-refractivity contribution in [3.8, 4) is 17.1 Å². The quantitative estimate of drug-likeness (QED) is 0.538. The number of rotatable bonds is 8. The third-order valence-electron chi connectivity index (χ3n) is 4.78. The van der Waals surface area contributed by atoms with E-state index in [2.05, 4.69) is 29.0 Å². The molecule has 1 amide bonds. The molecule has 3 aromatic rings. The molecule has 0 radical (unpaired) electrons. The van der Waals surface area contributed by atoms with Crippen LogP contribution in [0.3, 0.4) is 0 Å². The number of pyridine rings is 1. The molecule has 0 fully saturated rings. The van der Waals surface area contributed by atoms with Crippen LogP contribution in [0.1, 0.15) is 26.7 Å². The Morgan fingerprint density at radius 3 is 2.50 bits per heavy atom. The summed E-state index contributed by atoms with van der Waals surface area (Å²) in [6, 6.07) is 14.0. The summed E-state index contributed by atoms with van der Waals surface area (Å²) in [6.07, 6.45) is 5.40. The standard InChI is InChI=1S/C21H25N5OS/c1-4-17(5-2)25(3)19(27)15-28-21-24-23-20(16-10-9-13-22-14-16)26(21)18-11-7-6-8-12-18/h6-14,17H,4-5,15H2,1-3H3. The van der Waals surface area contributed by atoms with Crippen molar-refractivity contribution in [1.82, 2.24) is 24.6 Å². The van der Waals surface area contributed by atoms with E-state index in [1.807, 2.05) is 59.0 Å². The molecule has 0 saturated carbocycles. The summed E-state index contributed by atoms with van der Waals surface area (Å²) in [5.41, 5.74) is 1.83. The first-order valence-corrected chi connectivity index (χ1v) is 10.4. The summed E-state index contributed by atoms with van der Waals surface area (Å²) < 4.78 is 1.98. The molecule has 2 aromatic heterocycles.